The number of carbonyl (C=O) groups is 2. The molecule has 0 aromatic heterocycles. The minimum atomic E-state index is -1.38. The molecule has 1 rings (SSSR count). The SMILES string of the molecule is CC(=O)[C@]1(Cl)CCOC1=O. The molecule has 1 fully saturated rings. The lowest BCUT2D eigenvalue weighted by molar-refractivity contribution is -0.142. The van der Waals surface area contributed by atoms with Gasteiger partial charge in [-0.1, -0.05) is 11.6 Å². The molecule has 0 saturated carbocycles. The average Bonchev–Trinajstić information content (AvgIpc) is 2.15. The number of hydrogen-bond acceptors (Lipinski definition) is 3. The van der Waals surface area contributed by atoms with E-state index in [9.17, 15) is 9.59 Å². The van der Waals surface area contributed by atoms with Gasteiger partial charge >= 0.3 is 5.97 Å². The van der Waals surface area contributed by atoms with Gasteiger partial charge in [-0.3, -0.25) is 4.79 Å². The molecular formula is C6H7ClO3. The lowest BCUT2D eigenvalue weighted by atomic mass is 10.0. The molecule has 1 saturated heterocycles. The Morgan fingerprint density at radius 1 is 1.80 bits per heavy atom. The number of carbonyl (C=O) groups excluding carboxylic acids is 2. The smallest absolute Gasteiger partial charge is 0.335 e. The van der Waals surface area contributed by atoms with Crippen molar-refractivity contribution in [1.29, 1.82) is 0 Å². The number of ether oxygens (including phenoxy) is 1. The summed E-state index contributed by atoms with van der Waals surface area (Å²) in [7, 11) is 0. The Morgan fingerprint density at radius 2 is 2.40 bits per heavy atom. The number of rotatable bonds is 1. The number of Topliss-reactive ketones (excluding diaryl/α,β-unsaturated/α-hetero) is 1. The lowest BCUT2D eigenvalue weighted by Crippen LogP contribution is -2.35. The maximum absolute atomic E-state index is 10.8. The molecule has 0 spiro atoms. The van der Waals surface area contributed by atoms with E-state index in [4.69, 9.17) is 11.6 Å². The fraction of sp³-hybridized carbons (Fsp3) is 0.667. The van der Waals surface area contributed by atoms with Crippen LogP contribution in [0.25, 0.3) is 0 Å². The highest BCUT2D eigenvalue weighted by atomic mass is 35.5. The number of alkyl halides is 1. The van der Waals surface area contributed by atoms with Gasteiger partial charge in [0, 0.05) is 6.42 Å². The Bertz CT molecular complexity index is 189. The van der Waals surface area contributed by atoms with Gasteiger partial charge in [0.25, 0.3) is 0 Å². The van der Waals surface area contributed by atoms with Crippen molar-refractivity contribution < 1.29 is 14.3 Å². The van der Waals surface area contributed by atoms with Crippen LogP contribution in [0.2, 0.25) is 0 Å². The number of cyclic esters (lactones) is 1. The Hall–Kier alpha value is -0.570. The van der Waals surface area contributed by atoms with E-state index in [1.165, 1.54) is 6.92 Å². The maximum atomic E-state index is 10.8. The van der Waals surface area contributed by atoms with E-state index in [0.717, 1.165) is 0 Å². The fourth-order valence-electron chi connectivity index (χ4n) is 0.821. The van der Waals surface area contributed by atoms with E-state index in [-0.39, 0.29) is 12.4 Å². The van der Waals surface area contributed by atoms with Crippen molar-refractivity contribution in [2.24, 2.45) is 0 Å². The largest absolute Gasteiger partial charge is 0.464 e. The molecule has 0 bridgehead atoms. The van der Waals surface area contributed by atoms with E-state index < -0.39 is 10.8 Å². The summed E-state index contributed by atoms with van der Waals surface area (Å²) in [5, 5.41) is 0. The van der Waals surface area contributed by atoms with Crippen molar-refractivity contribution >= 4 is 23.4 Å². The predicted molar refractivity (Wildman–Crippen MR) is 34.8 cm³/mol. The van der Waals surface area contributed by atoms with Crippen molar-refractivity contribution in [2.75, 3.05) is 6.61 Å². The van der Waals surface area contributed by atoms with Crippen molar-refractivity contribution in [1.82, 2.24) is 0 Å². The van der Waals surface area contributed by atoms with E-state index in [1.807, 2.05) is 0 Å². The third-order valence-electron chi connectivity index (χ3n) is 1.56. The minimum Gasteiger partial charge on any atom is -0.464 e. The molecule has 3 nitrogen and oxygen atoms in total. The summed E-state index contributed by atoms with van der Waals surface area (Å²) in [6.07, 6.45) is 0.294. The normalized spacial score (nSPS) is 32.0. The Kier molecular flexibility index (Phi) is 1.68. The fourth-order valence-corrected chi connectivity index (χ4v) is 0.952. The molecular weight excluding hydrogens is 156 g/mol. The van der Waals surface area contributed by atoms with Crippen LogP contribution in [0.5, 0.6) is 0 Å². The van der Waals surface area contributed by atoms with E-state index >= 15 is 0 Å². The number of esters is 1. The maximum Gasteiger partial charge on any atom is 0.335 e. The molecule has 0 radical (unpaired) electrons. The monoisotopic (exact) mass is 162 g/mol. The summed E-state index contributed by atoms with van der Waals surface area (Å²) in [6, 6.07) is 0. The van der Waals surface area contributed by atoms with Gasteiger partial charge in [-0.15, -0.1) is 0 Å². The van der Waals surface area contributed by atoms with Crippen LogP contribution in [0.3, 0.4) is 0 Å². The standard InChI is InChI=1S/C6H7ClO3/c1-4(8)6(7)2-3-10-5(6)9/h2-3H2,1H3/t6-/m1/s1. The zero-order valence-electron chi connectivity index (χ0n) is 5.52. The molecule has 0 aliphatic carbocycles. The quantitative estimate of drug-likeness (QED) is 0.320. The summed E-state index contributed by atoms with van der Waals surface area (Å²) >= 11 is 5.63. The zero-order valence-corrected chi connectivity index (χ0v) is 6.27. The third kappa shape index (κ3) is 0.904. The molecule has 0 aromatic carbocycles. The molecule has 1 aliphatic rings. The van der Waals surface area contributed by atoms with Gasteiger partial charge in [0.1, 0.15) is 0 Å². The van der Waals surface area contributed by atoms with Crippen LogP contribution in [0.4, 0.5) is 0 Å². The first-order valence-corrected chi connectivity index (χ1v) is 3.32. The predicted octanol–water partition coefficient (Wildman–Crippen LogP) is 0.500. The van der Waals surface area contributed by atoms with Crippen LogP contribution >= 0.6 is 11.6 Å². The molecule has 0 aromatic rings. The van der Waals surface area contributed by atoms with E-state index in [2.05, 4.69) is 4.74 Å². The van der Waals surface area contributed by atoms with Crippen LogP contribution in [-0.4, -0.2) is 23.2 Å². The van der Waals surface area contributed by atoms with Crippen molar-refractivity contribution in [3.05, 3.63) is 0 Å². The minimum absolute atomic E-state index is 0.252. The molecule has 4 heteroatoms. The number of hydrogen-bond donors (Lipinski definition) is 0. The second-order valence-corrected chi connectivity index (χ2v) is 2.89. The Morgan fingerprint density at radius 3 is 2.60 bits per heavy atom. The summed E-state index contributed by atoms with van der Waals surface area (Å²) in [4.78, 5) is 20.1. The zero-order chi connectivity index (χ0) is 7.78. The lowest BCUT2D eigenvalue weighted by Gasteiger charge is -2.09. The highest BCUT2D eigenvalue weighted by Gasteiger charge is 2.47. The molecule has 1 aliphatic heterocycles. The van der Waals surface area contributed by atoms with Gasteiger partial charge in [-0.2, -0.15) is 0 Å². The van der Waals surface area contributed by atoms with Gasteiger partial charge < -0.3 is 4.74 Å². The van der Waals surface area contributed by atoms with Crippen molar-refractivity contribution in [2.45, 2.75) is 18.2 Å². The van der Waals surface area contributed by atoms with Crippen LogP contribution in [0.15, 0.2) is 0 Å². The summed E-state index contributed by atoms with van der Waals surface area (Å²) in [6.45, 7) is 1.54. The Labute approximate surface area is 63.3 Å². The van der Waals surface area contributed by atoms with Crippen LogP contribution in [0, 0.1) is 0 Å². The molecule has 1 atom stereocenters. The van der Waals surface area contributed by atoms with Crippen molar-refractivity contribution in [3.63, 3.8) is 0 Å². The Balaban J connectivity index is 2.86. The van der Waals surface area contributed by atoms with Gasteiger partial charge in [-0.05, 0) is 6.92 Å². The average molecular weight is 163 g/mol. The molecule has 1 heterocycles. The summed E-state index contributed by atoms with van der Waals surface area (Å²) in [5.41, 5.74) is 0. The molecule has 0 amide bonds. The highest BCUT2D eigenvalue weighted by Crippen LogP contribution is 2.28. The number of ketones is 1. The van der Waals surface area contributed by atoms with Gasteiger partial charge in [-0.25, -0.2) is 4.79 Å². The summed E-state index contributed by atoms with van der Waals surface area (Å²) < 4.78 is 4.54. The molecule has 56 valence electrons. The highest BCUT2D eigenvalue weighted by molar-refractivity contribution is 6.45. The van der Waals surface area contributed by atoms with Crippen molar-refractivity contribution in [3.8, 4) is 0 Å². The molecule has 0 N–H and O–H groups in total. The van der Waals surface area contributed by atoms with E-state index in [1.54, 1.807) is 0 Å². The first-order chi connectivity index (χ1) is 4.57. The van der Waals surface area contributed by atoms with Crippen LogP contribution in [-0.2, 0) is 14.3 Å². The van der Waals surface area contributed by atoms with E-state index in [0.29, 0.717) is 6.42 Å². The first-order valence-electron chi connectivity index (χ1n) is 2.94. The third-order valence-corrected chi connectivity index (χ3v) is 2.17. The second kappa shape index (κ2) is 2.23. The van der Waals surface area contributed by atoms with Crippen LogP contribution in [0.1, 0.15) is 13.3 Å². The molecule has 10 heavy (non-hydrogen) atoms. The topological polar surface area (TPSA) is 43.4 Å². The van der Waals surface area contributed by atoms with Crippen LogP contribution < -0.4 is 0 Å². The van der Waals surface area contributed by atoms with Gasteiger partial charge in [0.15, 0.2) is 5.78 Å². The van der Waals surface area contributed by atoms with Gasteiger partial charge in [0.2, 0.25) is 4.87 Å². The molecule has 0 unspecified atom stereocenters. The first kappa shape index (κ1) is 7.54. The number of halogens is 1. The van der Waals surface area contributed by atoms with Gasteiger partial charge in [0.05, 0.1) is 6.61 Å². The summed E-state index contributed by atoms with van der Waals surface area (Å²) in [5.74, 6) is -0.946. The second-order valence-electron chi connectivity index (χ2n) is 2.24.